The summed E-state index contributed by atoms with van der Waals surface area (Å²) in [5.41, 5.74) is 1.91. The minimum atomic E-state index is -0.214. The van der Waals surface area contributed by atoms with Gasteiger partial charge in [-0.2, -0.15) is 0 Å². The van der Waals surface area contributed by atoms with Gasteiger partial charge in [0.05, 0.1) is 11.9 Å². The Bertz CT molecular complexity index is 518. The van der Waals surface area contributed by atoms with Crippen LogP contribution in [0.4, 0.5) is 4.39 Å². The fourth-order valence-electron chi connectivity index (χ4n) is 2.41. The largest absolute Gasteiger partial charge is 0.342 e. The van der Waals surface area contributed by atoms with E-state index in [1.807, 2.05) is 6.20 Å². The Balaban J connectivity index is 0.00000133. The zero-order valence-corrected chi connectivity index (χ0v) is 11.3. The Morgan fingerprint density at radius 3 is 2.74 bits per heavy atom. The SMILES string of the molecule is Cl.Fc1ccc(-c2cnc(C[C@@H]3CCCN3)[nH]2)cc1. The van der Waals surface area contributed by atoms with Gasteiger partial charge >= 0.3 is 0 Å². The molecule has 0 radical (unpaired) electrons. The fourth-order valence-corrected chi connectivity index (χ4v) is 2.41. The van der Waals surface area contributed by atoms with E-state index in [-0.39, 0.29) is 18.2 Å². The molecule has 5 heteroatoms. The van der Waals surface area contributed by atoms with Crippen molar-refractivity contribution in [3.63, 3.8) is 0 Å². The van der Waals surface area contributed by atoms with Crippen molar-refractivity contribution in [1.29, 1.82) is 0 Å². The van der Waals surface area contributed by atoms with E-state index in [1.165, 1.54) is 25.0 Å². The standard InChI is InChI=1S/C14H16FN3.ClH/c15-11-5-3-10(4-6-11)13-9-17-14(18-13)8-12-2-1-7-16-12;/h3-6,9,12,16H,1-2,7-8H2,(H,17,18);1H/t12-;/m0./s1. The number of hydrogen-bond acceptors (Lipinski definition) is 2. The van der Waals surface area contributed by atoms with Crippen LogP contribution in [0.15, 0.2) is 30.5 Å². The van der Waals surface area contributed by atoms with Crippen molar-refractivity contribution in [1.82, 2.24) is 15.3 Å². The molecule has 1 saturated heterocycles. The van der Waals surface area contributed by atoms with Crippen LogP contribution in [0, 0.1) is 5.82 Å². The molecule has 0 bridgehead atoms. The summed E-state index contributed by atoms with van der Waals surface area (Å²) in [6, 6.07) is 7.00. The van der Waals surface area contributed by atoms with Crippen LogP contribution in [0.5, 0.6) is 0 Å². The molecule has 2 N–H and O–H groups in total. The summed E-state index contributed by atoms with van der Waals surface area (Å²) in [5.74, 6) is 0.780. The first-order valence-corrected chi connectivity index (χ1v) is 6.34. The highest BCUT2D eigenvalue weighted by Crippen LogP contribution is 2.18. The molecule has 102 valence electrons. The van der Waals surface area contributed by atoms with Crippen molar-refractivity contribution >= 4 is 12.4 Å². The van der Waals surface area contributed by atoms with Crippen LogP contribution in [0.25, 0.3) is 11.3 Å². The first-order chi connectivity index (χ1) is 8.81. The zero-order valence-electron chi connectivity index (χ0n) is 10.5. The van der Waals surface area contributed by atoms with E-state index in [0.29, 0.717) is 6.04 Å². The number of imidazole rings is 1. The molecule has 19 heavy (non-hydrogen) atoms. The third-order valence-corrected chi connectivity index (χ3v) is 3.39. The summed E-state index contributed by atoms with van der Waals surface area (Å²) < 4.78 is 12.8. The molecule has 1 aromatic heterocycles. The van der Waals surface area contributed by atoms with E-state index >= 15 is 0 Å². The minimum Gasteiger partial charge on any atom is -0.342 e. The summed E-state index contributed by atoms with van der Waals surface area (Å²) in [5, 5.41) is 3.45. The lowest BCUT2D eigenvalue weighted by Gasteiger charge is -2.06. The van der Waals surface area contributed by atoms with Gasteiger partial charge in [-0.05, 0) is 49.2 Å². The molecular weight excluding hydrogens is 265 g/mol. The van der Waals surface area contributed by atoms with E-state index < -0.39 is 0 Å². The predicted octanol–water partition coefficient (Wildman–Crippen LogP) is 2.93. The molecule has 0 saturated carbocycles. The topological polar surface area (TPSA) is 40.7 Å². The summed E-state index contributed by atoms with van der Waals surface area (Å²) in [7, 11) is 0. The van der Waals surface area contributed by atoms with Crippen molar-refractivity contribution in [2.45, 2.75) is 25.3 Å². The lowest BCUT2D eigenvalue weighted by molar-refractivity contribution is 0.589. The number of nitrogens with zero attached hydrogens (tertiary/aromatic N) is 1. The third-order valence-electron chi connectivity index (χ3n) is 3.39. The van der Waals surface area contributed by atoms with Crippen LogP contribution in [-0.2, 0) is 6.42 Å². The van der Waals surface area contributed by atoms with Gasteiger partial charge in [0, 0.05) is 12.5 Å². The van der Waals surface area contributed by atoms with E-state index in [4.69, 9.17) is 0 Å². The highest BCUT2D eigenvalue weighted by atomic mass is 35.5. The molecule has 1 aliphatic heterocycles. The second-order valence-corrected chi connectivity index (χ2v) is 4.75. The molecule has 1 aliphatic rings. The molecule has 0 aliphatic carbocycles. The molecule has 1 fully saturated rings. The second kappa shape index (κ2) is 6.17. The number of aromatic amines is 1. The van der Waals surface area contributed by atoms with Crippen LogP contribution in [0.2, 0.25) is 0 Å². The maximum Gasteiger partial charge on any atom is 0.123 e. The summed E-state index contributed by atoms with van der Waals surface area (Å²) in [4.78, 5) is 7.69. The highest BCUT2D eigenvalue weighted by molar-refractivity contribution is 5.85. The van der Waals surface area contributed by atoms with Crippen LogP contribution in [0.3, 0.4) is 0 Å². The number of halogens is 2. The molecule has 0 amide bonds. The summed E-state index contributed by atoms with van der Waals surface area (Å²) in [6.45, 7) is 1.11. The van der Waals surface area contributed by atoms with E-state index in [9.17, 15) is 4.39 Å². The summed E-state index contributed by atoms with van der Waals surface area (Å²) in [6.07, 6.45) is 5.21. The minimum absolute atomic E-state index is 0. The van der Waals surface area contributed by atoms with Crippen LogP contribution in [-0.4, -0.2) is 22.6 Å². The van der Waals surface area contributed by atoms with Gasteiger partial charge in [-0.15, -0.1) is 12.4 Å². The van der Waals surface area contributed by atoms with Crippen LogP contribution < -0.4 is 5.32 Å². The lowest BCUT2D eigenvalue weighted by atomic mass is 10.1. The number of hydrogen-bond donors (Lipinski definition) is 2. The number of benzene rings is 1. The number of H-pyrrole nitrogens is 1. The third kappa shape index (κ3) is 3.33. The summed E-state index contributed by atoms with van der Waals surface area (Å²) >= 11 is 0. The smallest absolute Gasteiger partial charge is 0.123 e. The monoisotopic (exact) mass is 281 g/mol. The Morgan fingerprint density at radius 2 is 2.05 bits per heavy atom. The first-order valence-electron chi connectivity index (χ1n) is 6.34. The quantitative estimate of drug-likeness (QED) is 0.908. The molecule has 3 nitrogen and oxygen atoms in total. The maximum absolute atomic E-state index is 12.8. The van der Waals surface area contributed by atoms with Gasteiger partial charge in [0.15, 0.2) is 0 Å². The van der Waals surface area contributed by atoms with Gasteiger partial charge in [0.1, 0.15) is 11.6 Å². The first kappa shape index (κ1) is 14.0. The lowest BCUT2D eigenvalue weighted by Crippen LogP contribution is -2.24. The zero-order chi connectivity index (χ0) is 12.4. The average Bonchev–Trinajstić information content (AvgIpc) is 3.02. The Morgan fingerprint density at radius 1 is 1.26 bits per heavy atom. The van der Waals surface area contributed by atoms with Crippen LogP contribution >= 0.6 is 12.4 Å². The average molecular weight is 282 g/mol. The second-order valence-electron chi connectivity index (χ2n) is 4.75. The molecule has 0 spiro atoms. The van der Waals surface area contributed by atoms with Crippen molar-refractivity contribution < 1.29 is 4.39 Å². The Hall–Kier alpha value is -1.39. The van der Waals surface area contributed by atoms with Crippen molar-refractivity contribution in [2.24, 2.45) is 0 Å². The van der Waals surface area contributed by atoms with Crippen molar-refractivity contribution in [2.75, 3.05) is 6.54 Å². The fraction of sp³-hybridized carbons (Fsp3) is 0.357. The van der Waals surface area contributed by atoms with Gasteiger partial charge in [-0.25, -0.2) is 9.37 Å². The van der Waals surface area contributed by atoms with E-state index in [2.05, 4.69) is 15.3 Å². The highest BCUT2D eigenvalue weighted by Gasteiger charge is 2.16. The predicted molar refractivity (Wildman–Crippen MR) is 76.0 cm³/mol. The molecule has 3 rings (SSSR count). The van der Waals surface area contributed by atoms with E-state index in [1.54, 1.807) is 12.1 Å². The van der Waals surface area contributed by atoms with E-state index in [0.717, 1.165) is 30.0 Å². The van der Waals surface area contributed by atoms with Gasteiger partial charge in [0.2, 0.25) is 0 Å². The number of nitrogens with one attached hydrogen (secondary N) is 2. The molecule has 1 aromatic carbocycles. The van der Waals surface area contributed by atoms with Crippen LogP contribution in [0.1, 0.15) is 18.7 Å². The van der Waals surface area contributed by atoms with Gasteiger partial charge in [-0.1, -0.05) is 0 Å². The molecular formula is C14H17ClFN3. The molecule has 2 heterocycles. The molecule has 2 aromatic rings. The van der Waals surface area contributed by atoms with Gasteiger partial charge < -0.3 is 10.3 Å². The van der Waals surface area contributed by atoms with Gasteiger partial charge in [0.25, 0.3) is 0 Å². The molecule has 0 unspecified atom stereocenters. The Kier molecular flexibility index (Phi) is 4.56. The number of rotatable bonds is 3. The number of aromatic nitrogens is 2. The maximum atomic E-state index is 12.8. The normalized spacial score (nSPS) is 18.3. The van der Waals surface area contributed by atoms with Crippen molar-refractivity contribution in [3.8, 4) is 11.3 Å². The Labute approximate surface area is 118 Å². The van der Waals surface area contributed by atoms with Crippen molar-refractivity contribution in [3.05, 3.63) is 42.1 Å². The molecule has 1 atom stereocenters. The van der Waals surface area contributed by atoms with Gasteiger partial charge in [-0.3, -0.25) is 0 Å².